The second-order valence-electron chi connectivity index (χ2n) is 2.39. The Morgan fingerprint density at radius 1 is 1.75 bits per heavy atom. The van der Waals surface area contributed by atoms with Gasteiger partial charge in [0.25, 0.3) is 0 Å². The zero-order chi connectivity index (χ0) is 9.14. The number of Topliss-reactive ketones (excluding diaryl/α,β-unsaturated/α-hetero) is 1. The van der Waals surface area contributed by atoms with Crippen LogP contribution in [0.2, 0.25) is 5.22 Å². The molecular formula is C8H9ClO3. The Bertz CT molecular complexity index is 290. The van der Waals surface area contributed by atoms with E-state index in [1.54, 1.807) is 0 Å². The third kappa shape index (κ3) is 1.68. The van der Waals surface area contributed by atoms with Crippen molar-refractivity contribution in [3.63, 3.8) is 0 Å². The van der Waals surface area contributed by atoms with Gasteiger partial charge in [0.1, 0.15) is 6.26 Å². The molecule has 0 radical (unpaired) electrons. The number of furan rings is 1. The summed E-state index contributed by atoms with van der Waals surface area (Å²) in [5, 5.41) is 0.224. The SMILES string of the molecule is COCc1c(C(C)=O)coc1Cl. The van der Waals surface area contributed by atoms with Gasteiger partial charge in [-0.1, -0.05) is 0 Å². The van der Waals surface area contributed by atoms with Gasteiger partial charge in [0.05, 0.1) is 12.2 Å². The number of carbonyl (C=O) groups excluding carboxylic acids is 1. The van der Waals surface area contributed by atoms with E-state index in [4.69, 9.17) is 20.8 Å². The first kappa shape index (κ1) is 9.29. The minimum absolute atomic E-state index is 0.0716. The van der Waals surface area contributed by atoms with Crippen LogP contribution >= 0.6 is 11.6 Å². The largest absolute Gasteiger partial charge is 0.452 e. The molecule has 0 aliphatic carbocycles. The molecule has 0 spiro atoms. The molecule has 0 bridgehead atoms. The van der Waals surface area contributed by atoms with Crippen LogP contribution < -0.4 is 0 Å². The summed E-state index contributed by atoms with van der Waals surface area (Å²) in [5.74, 6) is -0.0716. The van der Waals surface area contributed by atoms with Crippen LogP contribution in [0, 0.1) is 0 Å². The summed E-state index contributed by atoms with van der Waals surface area (Å²) in [4.78, 5) is 11.0. The van der Waals surface area contributed by atoms with Gasteiger partial charge in [-0.15, -0.1) is 0 Å². The third-order valence-electron chi connectivity index (χ3n) is 1.51. The van der Waals surface area contributed by atoms with Crippen molar-refractivity contribution in [2.75, 3.05) is 7.11 Å². The fourth-order valence-electron chi connectivity index (χ4n) is 0.933. The van der Waals surface area contributed by atoms with E-state index in [1.165, 1.54) is 20.3 Å². The molecule has 0 unspecified atom stereocenters. The van der Waals surface area contributed by atoms with Crippen molar-refractivity contribution in [2.24, 2.45) is 0 Å². The molecule has 0 N–H and O–H groups in total. The molecule has 0 saturated heterocycles. The number of carbonyl (C=O) groups is 1. The van der Waals surface area contributed by atoms with E-state index >= 15 is 0 Å². The van der Waals surface area contributed by atoms with Crippen LogP contribution in [0.3, 0.4) is 0 Å². The van der Waals surface area contributed by atoms with E-state index < -0.39 is 0 Å². The fraction of sp³-hybridized carbons (Fsp3) is 0.375. The minimum Gasteiger partial charge on any atom is -0.452 e. The Morgan fingerprint density at radius 3 is 2.92 bits per heavy atom. The van der Waals surface area contributed by atoms with Crippen LogP contribution in [0.4, 0.5) is 0 Å². The lowest BCUT2D eigenvalue weighted by molar-refractivity contribution is 0.101. The van der Waals surface area contributed by atoms with Gasteiger partial charge in [-0.3, -0.25) is 4.79 Å². The lowest BCUT2D eigenvalue weighted by atomic mass is 10.1. The maximum Gasteiger partial charge on any atom is 0.199 e. The quantitative estimate of drug-likeness (QED) is 0.684. The van der Waals surface area contributed by atoms with Crippen molar-refractivity contribution < 1.29 is 13.9 Å². The predicted molar refractivity (Wildman–Crippen MR) is 44.4 cm³/mol. The van der Waals surface area contributed by atoms with Crippen LogP contribution in [-0.4, -0.2) is 12.9 Å². The average molecular weight is 189 g/mol. The molecule has 1 aromatic rings. The summed E-state index contributed by atoms with van der Waals surface area (Å²) in [5.41, 5.74) is 1.11. The van der Waals surface area contributed by atoms with Gasteiger partial charge in [0.2, 0.25) is 0 Å². The van der Waals surface area contributed by atoms with E-state index in [9.17, 15) is 4.79 Å². The standard InChI is InChI=1S/C8H9ClO3/c1-5(10)6-4-12-8(9)7(6)3-11-2/h4H,3H2,1-2H3. The Hall–Kier alpha value is -0.800. The molecular weight excluding hydrogens is 180 g/mol. The Labute approximate surface area is 75.3 Å². The van der Waals surface area contributed by atoms with Crippen LogP contribution in [0.15, 0.2) is 10.7 Å². The number of ketones is 1. The Balaban J connectivity index is 3.03. The van der Waals surface area contributed by atoms with E-state index in [0.717, 1.165) is 0 Å². The van der Waals surface area contributed by atoms with Gasteiger partial charge in [-0.25, -0.2) is 0 Å². The van der Waals surface area contributed by atoms with Crippen molar-refractivity contribution in [3.8, 4) is 0 Å². The van der Waals surface area contributed by atoms with Gasteiger partial charge < -0.3 is 9.15 Å². The van der Waals surface area contributed by atoms with E-state index in [1.807, 2.05) is 0 Å². The smallest absolute Gasteiger partial charge is 0.199 e. The molecule has 12 heavy (non-hydrogen) atoms. The molecule has 1 aromatic heterocycles. The molecule has 0 aliphatic rings. The molecule has 0 amide bonds. The molecule has 4 heteroatoms. The normalized spacial score (nSPS) is 10.2. The van der Waals surface area contributed by atoms with Crippen molar-refractivity contribution in [1.82, 2.24) is 0 Å². The first-order valence-electron chi connectivity index (χ1n) is 3.42. The molecule has 0 fully saturated rings. The number of rotatable bonds is 3. The van der Waals surface area contributed by atoms with E-state index in [2.05, 4.69) is 0 Å². The molecule has 0 atom stereocenters. The van der Waals surface area contributed by atoms with Crippen LogP contribution in [0.5, 0.6) is 0 Å². The number of hydrogen-bond donors (Lipinski definition) is 0. The third-order valence-corrected chi connectivity index (χ3v) is 1.83. The first-order valence-corrected chi connectivity index (χ1v) is 3.80. The highest BCUT2D eigenvalue weighted by molar-refractivity contribution is 6.30. The summed E-state index contributed by atoms with van der Waals surface area (Å²) in [6, 6.07) is 0. The van der Waals surface area contributed by atoms with Gasteiger partial charge in [-0.2, -0.15) is 0 Å². The lowest BCUT2D eigenvalue weighted by Gasteiger charge is -1.97. The number of methoxy groups -OCH3 is 1. The van der Waals surface area contributed by atoms with Gasteiger partial charge in [0.15, 0.2) is 11.0 Å². The number of halogens is 1. The van der Waals surface area contributed by atoms with Crippen LogP contribution in [0.25, 0.3) is 0 Å². The van der Waals surface area contributed by atoms with E-state index in [0.29, 0.717) is 17.7 Å². The van der Waals surface area contributed by atoms with E-state index in [-0.39, 0.29) is 11.0 Å². The highest BCUT2D eigenvalue weighted by Gasteiger charge is 2.14. The second kappa shape index (κ2) is 3.74. The summed E-state index contributed by atoms with van der Waals surface area (Å²) in [6.45, 7) is 1.75. The zero-order valence-corrected chi connectivity index (χ0v) is 7.64. The summed E-state index contributed by atoms with van der Waals surface area (Å²) >= 11 is 5.67. The minimum atomic E-state index is -0.0716. The van der Waals surface area contributed by atoms with Gasteiger partial charge in [-0.05, 0) is 18.5 Å². The highest BCUT2D eigenvalue weighted by atomic mass is 35.5. The Kier molecular flexibility index (Phi) is 2.89. The molecule has 1 heterocycles. The van der Waals surface area contributed by atoms with Crippen molar-refractivity contribution >= 4 is 17.4 Å². The predicted octanol–water partition coefficient (Wildman–Crippen LogP) is 2.28. The van der Waals surface area contributed by atoms with Crippen molar-refractivity contribution in [1.29, 1.82) is 0 Å². The maximum absolute atomic E-state index is 11.0. The molecule has 0 aromatic carbocycles. The zero-order valence-electron chi connectivity index (χ0n) is 6.89. The van der Waals surface area contributed by atoms with Crippen molar-refractivity contribution in [2.45, 2.75) is 13.5 Å². The first-order chi connectivity index (χ1) is 5.66. The molecule has 1 rings (SSSR count). The molecule has 0 aliphatic heterocycles. The van der Waals surface area contributed by atoms with Crippen LogP contribution in [-0.2, 0) is 11.3 Å². The van der Waals surface area contributed by atoms with Crippen molar-refractivity contribution in [3.05, 3.63) is 22.6 Å². The second-order valence-corrected chi connectivity index (χ2v) is 2.73. The average Bonchev–Trinajstić information content (AvgIpc) is 2.34. The van der Waals surface area contributed by atoms with Crippen LogP contribution in [0.1, 0.15) is 22.8 Å². The maximum atomic E-state index is 11.0. The van der Waals surface area contributed by atoms with Gasteiger partial charge >= 0.3 is 0 Å². The number of hydrogen-bond acceptors (Lipinski definition) is 3. The summed E-state index contributed by atoms with van der Waals surface area (Å²) < 4.78 is 9.74. The molecule has 3 nitrogen and oxygen atoms in total. The lowest BCUT2D eigenvalue weighted by Crippen LogP contribution is -1.96. The number of ether oxygens (including phenoxy) is 1. The molecule has 66 valence electrons. The highest BCUT2D eigenvalue weighted by Crippen LogP contribution is 2.23. The molecule has 0 saturated carbocycles. The fourth-order valence-corrected chi connectivity index (χ4v) is 1.13. The topological polar surface area (TPSA) is 39.4 Å². The summed E-state index contributed by atoms with van der Waals surface area (Å²) in [7, 11) is 1.53. The summed E-state index contributed by atoms with van der Waals surface area (Å²) in [6.07, 6.45) is 1.35. The van der Waals surface area contributed by atoms with Gasteiger partial charge in [0, 0.05) is 12.7 Å². The monoisotopic (exact) mass is 188 g/mol. The Morgan fingerprint density at radius 2 is 2.42 bits per heavy atom.